The minimum atomic E-state index is -0.434. The van der Waals surface area contributed by atoms with Crippen LogP contribution in [0.15, 0.2) is 30.3 Å². The van der Waals surface area contributed by atoms with Gasteiger partial charge in [-0.3, -0.25) is 0 Å². The van der Waals surface area contributed by atoms with Crippen LogP contribution in [0.25, 0.3) is 0 Å². The Balaban J connectivity index is 2.61. The second kappa shape index (κ2) is 6.03. The van der Waals surface area contributed by atoms with Crippen molar-refractivity contribution in [2.75, 3.05) is 13.2 Å². The van der Waals surface area contributed by atoms with E-state index in [-0.39, 0.29) is 6.04 Å². The molecule has 1 rings (SSSR count). The van der Waals surface area contributed by atoms with Crippen molar-refractivity contribution in [3.05, 3.63) is 35.9 Å². The summed E-state index contributed by atoms with van der Waals surface area (Å²) in [5.74, 6) is 0. The van der Waals surface area contributed by atoms with Crippen LogP contribution in [0.4, 0.5) is 4.79 Å². The summed E-state index contributed by atoms with van der Waals surface area (Å²) in [7, 11) is 0. The molecule has 0 saturated heterocycles. The van der Waals surface area contributed by atoms with Crippen molar-refractivity contribution in [2.24, 2.45) is 5.73 Å². The molecule has 1 aromatic carbocycles. The lowest BCUT2D eigenvalue weighted by Gasteiger charge is -2.16. The predicted molar refractivity (Wildman–Crippen MR) is 58.4 cm³/mol. The number of rotatable bonds is 4. The number of hydrogen-bond donors (Lipinski definition) is 2. The molecule has 1 unspecified atom stereocenters. The average molecular weight is 208 g/mol. The smallest absolute Gasteiger partial charge is 0.407 e. The normalized spacial score (nSPS) is 11.9. The molecule has 0 saturated carbocycles. The van der Waals surface area contributed by atoms with E-state index in [0.717, 1.165) is 5.56 Å². The molecule has 15 heavy (non-hydrogen) atoms. The van der Waals surface area contributed by atoms with Crippen molar-refractivity contribution in [3.8, 4) is 0 Å². The fraction of sp³-hybridized carbons (Fsp3) is 0.364. The molecule has 4 heteroatoms. The van der Waals surface area contributed by atoms with Crippen LogP contribution in [-0.2, 0) is 4.74 Å². The van der Waals surface area contributed by atoms with Crippen LogP contribution in [0.3, 0.4) is 0 Å². The molecule has 82 valence electrons. The Morgan fingerprint density at radius 3 is 2.67 bits per heavy atom. The maximum absolute atomic E-state index is 11.2. The summed E-state index contributed by atoms with van der Waals surface area (Å²) in [6.45, 7) is 2.47. The number of alkyl carbamates (subject to hydrolysis) is 1. The SMILES string of the molecule is CCOC(=O)NC(CN)c1ccccc1. The lowest BCUT2D eigenvalue weighted by Crippen LogP contribution is -2.33. The zero-order valence-corrected chi connectivity index (χ0v) is 8.77. The van der Waals surface area contributed by atoms with Crippen LogP contribution in [0.2, 0.25) is 0 Å². The lowest BCUT2D eigenvalue weighted by molar-refractivity contribution is 0.148. The minimum Gasteiger partial charge on any atom is -0.450 e. The molecule has 0 spiro atoms. The van der Waals surface area contributed by atoms with Gasteiger partial charge in [-0.2, -0.15) is 0 Å². The fourth-order valence-corrected chi connectivity index (χ4v) is 1.28. The first-order valence-corrected chi connectivity index (χ1v) is 4.96. The molecule has 0 bridgehead atoms. The first-order valence-electron chi connectivity index (χ1n) is 4.96. The highest BCUT2D eigenvalue weighted by atomic mass is 16.5. The Morgan fingerprint density at radius 2 is 2.13 bits per heavy atom. The minimum absolute atomic E-state index is 0.190. The van der Waals surface area contributed by atoms with Gasteiger partial charge in [-0.1, -0.05) is 30.3 Å². The molecule has 0 aliphatic rings. The first-order chi connectivity index (χ1) is 7.27. The van der Waals surface area contributed by atoms with E-state index in [9.17, 15) is 4.79 Å². The fourth-order valence-electron chi connectivity index (χ4n) is 1.28. The third-order valence-corrected chi connectivity index (χ3v) is 2.01. The molecule has 1 amide bonds. The van der Waals surface area contributed by atoms with Gasteiger partial charge in [-0.15, -0.1) is 0 Å². The summed E-state index contributed by atoms with van der Waals surface area (Å²) < 4.78 is 4.79. The zero-order chi connectivity index (χ0) is 11.1. The molecule has 0 heterocycles. The number of nitrogens with two attached hydrogens (primary N) is 1. The van der Waals surface area contributed by atoms with Gasteiger partial charge >= 0.3 is 6.09 Å². The summed E-state index contributed by atoms with van der Waals surface area (Å²) in [4.78, 5) is 11.2. The molecule has 0 aromatic heterocycles. The lowest BCUT2D eigenvalue weighted by atomic mass is 10.1. The van der Waals surface area contributed by atoms with Crippen LogP contribution >= 0.6 is 0 Å². The summed E-state index contributed by atoms with van der Waals surface area (Å²) in [6, 6.07) is 9.38. The third kappa shape index (κ3) is 3.59. The molecule has 4 nitrogen and oxygen atoms in total. The van der Waals surface area contributed by atoms with Crippen molar-refractivity contribution >= 4 is 6.09 Å². The number of benzene rings is 1. The van der Waals surface area contributed by atoms with E-state index in [4.69, 9.17) is 10.5 Å². The maximum Gasteiger partial charge on any atom is 0.407 e. The molecule has 1 aromatic rings. The van der Waals surface area contributed by atoms with Gasteiger partial charge in [0.25, 0.3) is 0 Å². The van der Waals surface area contributed by atoms with Gasteiger partial charge in [-0.05, 0) is 12.5 Å². The molecule has 0 aliphatic heterocycles. The van der Waals surface area contributed by atoms with Crippen molar-refractivity contribution in [3.63, 3.8) is 0 Å². The second-order valence-electron chi connectivity index (χ2n) is 3.06. The first kappa shape index (κ1) is 11.5. The van der Waals surface area contributed by atoms with Crippen molar-refractivity contribution in [1.82, 2.24) is 5.32 Å². The molecular weight excluding hydrogens is 192 g/mol. The standard InChI is InChI=1S/C11H16N2O2/c1-2-15-11(14)13-10(8-12)9-6-4-3-5-7-9/h3-7,10H,2,8,12H2,1H3,(H,13,14). The summed E-state index contributed by atoms with van der Waals surface area (Å²) in [5.41, 5.74) is 6.56. The monoisotopic (exact) mass is 208 g/mol. The van der Waals surface area contributed by atoms with Crippen LogP contribution in [-0.4, -0.2) is 19.2 Å². The zero-order valence-electron chi connectivity index (χ0n) is 8.77. The highest BCUT2D eigenvalue weighted by molar-refractivity contribution is 5.67. The Hall–Kier alpha value is -1.55. The van der Waals surface area contributed by atoms with E-state index in [1.54, 1.807) is 6.92 Å². The third-order valence-electron chi connectivity index (χ3n) is 2.01. The number of amides is 1. The van der Waals surface area contributed by atoms with Crippen molar-refractivity contribution in [2.45, 2.75) is 13.0 Å². The maximum atomic E-state index is 11.2. The van der Waals surface area contributed by atoms with Gasteiger partial charge in [0.15, 0.2) is 0 Å². The van der Waals surface area contributed by atoms with Gasteiger partial charge < -0.3 is 15.8 Å². The average Bonchev–Trinajstić information content (AvgIpc) is 2.27. The predicted octanol–water partition coefficient (Wildman–Crippen LogP) is 1.43. The van der Waals surface area contributed by atoms with Gasteiger partial charge in [-0.25, -0.2) is 4.79 Å². The summed E-state index contributed by atoms with van der Waals surface area (Å²) in [5, 5.41) is 2.70. The van der Waals surface area contributed by atoms with Crippen LogP contribution in [0.1, 0.15) is 18.5 Å². The van der Waals surface area contributed by atoms with E-state index in [1.165, 1.54) is 0 Å². The Kier molecular flexibility index (Phi) is 4.63. The summed E-state index contributed by atoms with van der Waals surface area (Å²) >= 11 is 0. The van der Waals surface area contributed by atoms with E-state index in [1.807, 2.05) is 30.3 Å². The highest BCUT2D eigenvalue weighted by Gasteiger charge is 2.12. The number of carbonyl (C=O) groups is 1. The molecule has 0 fully saturated rings. The second-order valence-corrected chi connectivity index (χ2v) is 3.06. The molecular formula is C11H16N2O2. The van der Waals surface area contributed by atoms with Crippen molar-refractivity contribution < 1.29 is 9.53 Å². The largest absolute Gasteiger partial charge is 0.450 e. The van der Waals surface area contributed by atoms with Crippen LogP contribution in [0, 0.1) is 0 Å². The summed E-state index contributed by atoms with van der Waals surface area (Å²) in [6.07, 6.45) is -0.434. The Labute approximate surface area is 89.4 Å². The van der Waals surface area contributed by atoms with Gasteiger partial charge in [0, 0.05) is 6.54 Å². The quantitative estimate of drug-likeness (QED) is 0.786. The van der Waals surface area contributed by atoms with Gasteiger partial charge in [0.2, 0.25) is 0 Å². The number of nitrogens with one attached hydrogen (secondary N) is 1. The van der Waals surface area contributed by atoms with E-state index >= 15 is 0 Å². The molecule has 1 atom stereocenters. The van der Waals surface area contributed by atoms with Crippen LogP contribution in [0.5, 0.6) is 0 Å². The Bertz CT molecular complexity index is 301. The van der Waals surface area contributed by atoms with E-state index < -0.39 is 6.09 Å². The molecule has 0 aliphatic carbocycles. The highest BCUT2D eigenvalue weighted by Crippen LogP contribution is 2.10. The van der Waals surface area contributed by atoms with Gasteiger partial charge in [0.1, 0.15) is 0 Å². The van der Waals surface area contributed by atoms with E-state index in [0.29, 0.717) is 13.2 Å². The Morgan fingerprint density at radius 1 is 1.47 bits per heavy atom. The van der Waals surface area contributed by atoms with Gasteiger partial charge in [0.05, 0.1) is 12.6 Å². The number of ether oxygens (including phenoxy) is 1. The van der Waals surface area contributed by atoms with Crippen molar-refractivity contribution in [1.29, 1.82) is 0 Å². The number of hydrogen-bond acceptors (Lipinski definition) is 3. The van der Waals surface area contributed by atoms with Crippen LogP contribution < -0.4 is 11.1 Å². The molecule has 3 N–H and O–H groups in total. The molecule has 0 radical (unpaired) electrons. The van der Waals surface area contributed by atoms with E-state index in [2.05, 4.69) is 5.32 Å². The topological polar surface area (TPSA) is 64.3 Å². The number of carbonyl (C=O) groups excluding carboxylic acids is 1.